The molecule has 36 heavy (non-hydrogen) atoms. The lowest BCUT2D eigenvalue weighted by Crippen LogP contribution is -2.38. The van der Waals surface area contributed by atoms with Gasteiger partial charge in [-0.25, -0.2) is 8.42 Å². The lowest BCUT2D eigenvalue weighted by molar-refractivity contribution is -0.384. The Bertz CT molecular complexity index is 1460. The minimum Gasteiger partial charge on any atom is -0.457 e. The second kappa shape index (κ2) is 10.7. The number of nitro benzene ring substituents is 1. The molecule has 0 bridgehead atoms. The molecule has 4 rings (SSSR count). The number of amides is 1. The molecule has 0 fully saturated rings. The molecular formula is C26H21N3O6S. The zero-order chi connectivity index (χ0) is 25.5. The minimum atomic E-state index is -4.11. The Labute approximate surface area is 207 Å². The minimum absolute atomic E-state index is 0.0118. The zero-order valence-corrected chi connectivity index (χ0v) is 19.7. The molecule has 0 aromatic heterocycles. The summed E-state index contributed by atoms with van der Waals surface area (Å²) in [6.07, 6.45) is 0. The summed E-state index contributed by atoms with van der Waals surface area (Å²) in [4.78, 5) is 23.3. The molecule has 0 saturated heterocycles. The highest BCUT2D eigenvalue weighted by Gasteiger charge is 2.27. The standard InChI is InChI=1S/C26H21N3O6S/c30-26(27-20-8-7-9-22(18-20)29(31)32)19-28(36(33,34)25-12-5-2-6-13-25)21-14-16-24(17-15-21)35-23-10-3-1-4-11-23/h1-18H,19H2,(H,27,30). The number of carbonyl (C=O) groups excluding carboxylic acids is 1. The van der Waals surface area contributed by atoms with Gasteiger partial charge in [0.05, 0.1) is 15.5 Å². The molecular weight excluding hydrogens is 482 g/mol. The number of nitrogens with zero attached hydrogens (tertiary/aromatic N) is 2. The number of hydrogen-bond acceptors (Lipinski definition) is 6. The summed E-state index contributed by atoms with van der Waals surface area (Å²) in [5, 5.41) is 13.6. The molecule has 9 nitrogen and oxygen atoms in total. The van der Waals surface area contributed by atoms with Gasteiger partial charge in [0.2, 0.25) is 5.91 Å². The van der Waals surface area contributed by atoms with Gasteiger partial charge in [-0.2, -0.15) is 0 Å². The van der Waals surface area contributed by atoms with Crippen LogP contribution in [0.25, 0.3) is 0 Å². The Morgan fingerprint density at radius 1 is 0.833 bits per heavy atom. The lowest BCUT2D eigenvalue weighted by atomic mass is 10.2. The molecule has 0 aliphatic heterocycles. The van der Waals surface area contributed by atoms with Gasteiger partial charge in [0.1, 0.15) is 18.0 Å². The van der Waals surface area contributed by atoms with E-state index in [1.165, 1.54) is 36.4 Å². The zero-order valence-electron chi connectivity index (χ0n) is 18.9. The van der Waals surface area contributed by atoms with E-state index in [9.17, 15) is 23.3 Å². The van der Waals surface area contributed by atoms with Crippen molar-refractivity contribution in [3.05, 3.63) is 119 Å². The van der Waals surface area contributed by atoms with Crippen LogP contribution in [0.4, 0.5) is 17.1 Å². The van der Waals surface area contributed by atoms with Gasteiger partial charge in [0, 0.05) is 17.8 Å². The molecule has 182 valence electrons. The van der Waals surface area contributed by atoms with E-state index in [2.05, 4.69) is 5.32 Å². The van der Waals surface area contributed by atoms with Crippen LogP contribution >= 0.6 is 0 Å². The molecule has 0 saturated carbocycles. The van der Waals surface area contributed by atoms with Crippen molar-refractivity contribution >= 4 is 33.0 Å². The first-order valence-corrected chi connectivity index (χ1v) is 12.2. The van der Waals surface area contributed by atoms with Crippen LogP contribution in [-0.2, 0) is 14.8 Å². The predicted octanol–water partition coefficient (Wildman–Crippen LogP) is 5.22. The Hall–Kier alpha value is -4.70. The van der Waals surface area contributed by atoms with E-state index in [1.54, 1.807) is 54.6 Å². The topological polar surface area (TPSA) is 119 Å². The van der Waals surface area contributed by atoms with Gasteiger partial charge in [-0.05, 0) is 54.6 Å². The summed E-state index contributed by atoms with van der Waals surface area (Å²) < 4.78 is 33.7. The Balaban J connectivity index is 1.61. The summed E-state index contributed by atoms with van der Waals surface area (Å²) in [5.74, 6) is 0.443. The fourth-order valence-electron chi connectivity index (χ4n) is 3.37. The molecule has 0 unspecified atom stereocenters. The number of ether oxygens (including phenoxy) is 1. The van der Waals surface area contributed by atoms with Crippen molar-refractivity contribution in [2.24, 2.45) is 0 Å². The first-order chi connectivity index (χ1) is 17.3. The van der Waals surface area contributed by atoms with E-state index in [0.29, 0.717) is 11.5 Å². The van der Waals surface area contributed by atoms with E-state index in [-0.39, 0.29) is 22.0 Å². The quantitative estimate of drug-likeness (QED) is 0.247. The van der Waals surface area contributed by atoms with E-state index < -0.39 is 27.4 Å². The third kappa shape index (κ3) is 5.86. The SMILES string of the molecule is O=C(CN(c1ccc(Oc2ccccc2)cc1)S(=O)(=O)c1ccccc1)Nc1cccc([N+](=O)[O-])c1. The highest BCUT2D eigenvalue weighted by Crippen LogP contribution is 2.28. The summed E-state index contributed by atoms with van der Waals surface area (Å²) in [6, 6.07) is 28.5. The van der Waals surface area contributed by atoms with Crippen molar-refractivity contribution in [3.8, 4) is 11.5 Å². The summed E-state index contributed by atoms with van der Waals surface area (Å²) >= 11 is 0. The van der Waals surface area contributed by atoms with E-state index in [4.69, 9.17) is 4.74 Å². The molecule has 1 N–H and O–H groups in total. The third-order valence-electron chi connectivity index (χ3n) is 5.06. The summed E-state index contributed by atoms with van der Waals surface area (Å²) in [5.41, 5.74) is 0.224. The van der Waals surface area contributed by atoms with Gasteiger partial charge in [-0.1, -0.05) is 42.5 Å². The van der Waals surface area contributed by atoms with Crippen molar-refractivity contribution < 1.29 is 22.9 Å². The number of para-hydroxylation sites is 1. The monoisotopic (exact) mass is 503 g/mol. The van der Waals surface area contributed by atoms with Gasteiger partial charge in [0.25, 0.3) is 15.7 Å². The maximum atomic E-state index is 13.5. The molecule has 0 aliphatic carbocycles. The highest BCUT2D eigenvalue weighted by atomic mass is 32.2. The lowest BCUT2D eigenvalue weighted by Gasteiger charge is -2.24. The van der Waals surface area contributed by atoms with Gasteiger partial charge >= 0.3 is 0 Å². The van der Waals surface area contributed by atoms with Gasteiger partial charge in [0.15, 0.2) is 0 Å². The van der Waals surface area contributed by atoms with E-state index in [1.807, 2.05) is 18.2 Å². The summed E-state index contributed by atoms with van der Waals surface area (Å²) in [7, 11) is -4.11. The highest BCUT2D eigenvalue weighted by molar-refractivity contribution is 7.92. The number of benzene rings is 4. The number of non-ortho nitro benzene ring substituents is 1. The van der Waals surface area contributed by atoms with Crippen LogP contribution in [0.2, 0.25) is 0 Å². The molecule has 0 aliphatic rings. The fourth-order valence-corrected chi connectivity index (χ4v) is 4.81. The Morgan fingerprint density at radius 2 is 1.44 bits per heavy atom. The van der Waals surface area contributed by atoms with Crippen molar-refractivity contribution in [1.29, 1.82) is 0 Å². The number of nitrogens with one attached hydrogen (secondary N) is 1. The molecule has 4 aromatic carbocycles. The number of hydrogen-bond donors (Lipinski definition) is 1. The maximum Gasteiger partial charge on any atom is 0.271 e. The van der Waals surface area contributed by atoms with Crippen LogP contribution in [0.3, 0.4) is 0 Å². The fraction of sp³-hybridized carbons (Fsp3) is 0.0385. The number of nitro groups is 1. The molecule has 1 amide bonds. The normalized spacial score (nSPS) is 10.9. The smallest absolute Gasteiger partial charge is 0.271 e. The third-order valence-corrected chi connectivity index (χ3v) is 6.85. The van der Waals surface area contributed by atoms with Crippen molar-refractivity contribution in [3.63, 3.8) is 0 Å². The van der Waals surface area contributed by atoms with Crippen LogP contribution in [0, 0.1) is 10.1 Å². The van der Waals surface area contributed by atoms with Crippen molar-refractivity contribution in [2.45, 2.75) is 4.90 Å². The predicted molar refractivity (Wildman–Crippen MR) is 136 cm³/mol. The molecule has 0 radical (unpaired) electrons. The average molecular weight is 504 g/mol. The first kappa shape index (κ1) is 24.4. The number of anilines is 2. The maximum absolute atomic E-state index is 13.5. The van der Waals surface area contributed by atoms with Crippen LogP contribution in [0.1, 0.15) is 0 Å². The largest absolute Gasteiger partial charge is 0.457 e. The first-order valence-electron chi connectivity index (χ1n) is 10.8. The number of sulfonamides is 1. The molecule has 10 heteroatoms. The molecule has 4 aromatic rings. The van der Waals surface area contributed by atoms with Crippen molar-refractivity contribution in [2.75, 3.05) is 16.2 Å². The van der Waals surface area contributed by atoms with Crippen LogP contribution in [-0.4, -0.2) is 25.8 Å². The molecule has 0 atom stereocenters. The van der Waals surface area contributed by atoms with Crippen LogP contribution < -0.4 is 14.4 Å². The van der Waals surface area contributed by atoms with Crippen LogP contribution in [0.15, 0.2) is 114 Å². The second-order valence-electron chi connectivity index (χ2n) is 7.59. The Morgan fingerprint density at radius 3 is 2.08 bits per heavy atom. The van der Waals surface area contributed by atoms with E-state index in [0.717, 1.165) is 4.31 Å². The molecule has 0 heterocycles. The second-order valence-corrected chi connectivity index (χ2v) is 9.45. The molecule has 0 spiro atoms. The Kier molecular flexibility index (Phi) is 7.26. The van der Waals surface area contributed by atoms with Gasteiger partial charge < -0.3 is 10.1 Å². The summed E-state index contributed by atoms with van der Waals surface area (Å²) in [6.45, 7) is -0.557. The average Bonchev–Trinajstić information content (AvgIpc) is 2.89. The number of rotatable bonds is 9. The number of carbonyl (C=O) groups is 1. The van der Waals surface area contributed by atoms with Crippen molar-refractivity contribution in [1.82, 2.24) is 0 Å². The van der Waals surface area contributed by atoms with Gasteiger partial charge in [-0.15, -0.1) is 0 Å². The van der Waals surface area contributed by atoms with E-state index >= 15 is 0 Å². The van der Waals surface area contributed by atoms with Gasteiger partial charge in [-0.3, -0.25) is 19.2 Å². The van der Waals surface area contributed by atoms with Crippen LogP contribution in [0.5, 0.6) is 11.5 Å².